The van der Waals surface area contributed by atoms with Crippen LogP contribution in [0.3, 0.4) is 0 Å². The van der Waals surface area contributed by atoms with Crippen molar-refractivity contribution in [3.8, 4) is 11.5 Å². The van der Waals surface area contributed by atoms with Crippen LogP contribution in [0.1, 0.15) is 50.4 Å². The molecule has 0 unspecified atom stereocenters. The van der Waals surface area contributed by atoms with Crippen LogP contribution in [0.4, 0.5) is 5.69 Å². The summed E-state index contributed by atoms with van der Waals surface area (Å²) < 4.78 is 71.9. The van der Waals surface area contributed by atoms with Crippen LogP contribution >= 0.6 is 0 Å². The Morgan fingerprint density at radius 3 is 2.41 bits per heavy atom. The molecule has 0 saturated carbocycles. The molecular weight excluding hydrogens is 610 g/mol. The Morgan fingerprint density at radius 2 is 1.80 bits per heavy atom. The number of methoxy groups -OCH3 is 1. The number of carbonyl (C=O) groups is 1. The second-order valence-electron chi connectivity index (χ2n) is 11.3. The summed E-state index contributed by atoms with van der Waals surface area (Å²) in [5, 5.41) is 10.1. The van der Waals surface area contributed by atoms with Crippen molar-refractivity contribution in [2.45, 2.75) is 63.2 Å². The van der Waals surface area contributed by atoms with Crippen LogP contribution in [-0.4, -0.2) is 102 Å². The molecule has 2 N–H and O–H groups in total. The van der Waals surface area contributed by atoms with Crippen molar-refractivity contribution in [1.82, 2.24) is 9.21 Å². The number of benzene rings is 2. The maximum Gasteiger partial charge on any atom is 0.261 e. The molecule has 0 aliphatic carbocycles. The summed E-state index contributed by atoms with van der Waals surface area (Å²) in [6.07, 6.45) is 2.53. The summed E-state index contributed by atoms with van der Waals surface area (Å²) >= 11 is 0. The number of aliphatic hydroxyl groups excluding tert-OH is 1. The lowest BCUT2D eigenvalue weighted by atomic mass is 10.0. The summed E-state index contributed by atoms with van der Waals surface area (Å²) in [5.74, 6) is 0.00733. The van der Waals surface area contributed by atoms with E-state index in [0.717, 1.165) is 19.1 Å². The first-order valence-electron chi connectivity index (χ1n) is 14.6. The van der Waals surface area contributed by atoms with Crippen LogP contribution in [0.2, 0.25) is 0 Å². The highest BCUT2D eigenvalue weighted by molar-refractivity contribution is 7.92. The van der Waals surface area contributed by atoms with Crippen LogP contribution in [0.15, 0.2) is 47.4 Å². The molecule has 246 valence electrons. The van der Waals surface area contributed by atoms with Gasteiger partial charge in [0, 0.05) is 38.3 Å². The molecule has 4 atom stereocenters. The highest BCUT2D eigenvalue weighted by atomic mass is 32.2. The second-order valence-corrected chi connectivity index (χ2v) is 15.1. The summed E-state index contributed by atoms with van der Waals surface area (Å²) in [5.41, 5.74) is 0.285. The van der Waals surface area contributed by atoms with E-state index in [9.17, 15) is 26.7 Å². The van der Waals surface area contributed by atoms with Crippen LogP contribution in [-0.2, 0) is 24.8 Å². The molecule has 1 aliphatic rings. The van der Waals surface area contributed by atoms with Gasteiger partial charge in [0.1, 0.15) is 11.5 Å². The van der Waals surface area contributed by atoms with Crippen LogP contribution in [0.5, 0.6) is 11.5 Å². The minimum absolute atomic E-state index is 0.0176. The maximum atomic E-state index is 14.2. The number of ether oxygens (including phenoxy) is 3. The number of hydrogen-bond donors (Lipinski definition) is 2. The van der Waals surface area contributed by atoms with Crippen LogP contribution < -0.4 is 14.2 Å². The summed E-state index contributed by atoms with van der Waals surface area (Å²) in [4.78, 5) is 15.7. The third-order valence-corrected chi connectivity index (χ3v) is 10.4. The first kappa shape index (κ1) is 35.6. The Kier molecular flexibility index (Phi) is 12.4. The van der Waals surface area contributed by atoms with Crippen LogP contribution in [0, 0.1) is 5.92 Å². The lowest BCUT2D eigenvalue weighted by molar-refractivity contribution is -0.00828. The van der Waals surface area contributed by atoms with Crippen molar-refractivity contribution in [3.05, 3.63) is 48.0 Å². The van der Waals surface area contributed by atoms with E-state index >= 15 is 0 Å². The molecule has 14 heteroatoms. The molecule has 0 fully saturated rings. The number of sulfonamides is 2. The number of fused-ring (bicyclic) bond motifs is 1. The Morgan fingerprint density at radius 1 is 1.11 bits per heavy atom. The number of nitrogens with zero attached hydrogens (tertiary/aromatic N) is 2. The molecule has 2 aromatic rings. The minimum atomic E-state index is -4.00. The molecule has 3 rings (SSSR count). The van der Waals surface area contributed by atoms with Gasteiger partial charge < -0.3 is 24.2 Å². The molecule has 12 nitrogen and oxygen atoms in total. The van der Waals surface area contributed by atoms with Gasteiger partial charge in [-0.1, -0.05) is 6.92 Å². The van der Waals surface area contributed by atoms with Crippen molar-refractivity contribution in [2.75, 3.05) is 51.4 Å². The van der Waals surface area contributed by atoms with E-state index in [-0.39, 0.29) is 47.9 Å². The van der Waals surface area contributed by atoms with E-state index in [1.54, 1.807) is 13.0 Å². The zero-order valence-electron chi connectivity index (χ0n) is 26.2. The third kappa shape index (κ3) is 9.54. The fourth-order valence-corrected chi connectivity index (χ4v) is 6.27. The van der Waals surface area contributed by atoms with Crippen molar-refractivity contribution in [2.24, 2.45) is 5.92 Å². The van der Waals surface area contributed by atoms with Crippen LogP contribution in [0.25, 0.3) is 0 Å². The Balaban J connectivity index is 2.02. The smallest absolute Gasteiger partial charge is 0.261 e. The maximum absolute atomic E-state index is 14.2. The fraction of sp³-hybridized carbons (Fsp3) is 0.567. The van der Waals surface area contributed by atoms with E-state index in [4.69, 9.17) is 14.2 Å². The largest absolute Gasteiger partial charge is 0.497 e. The van der Waals surface area contributed by atoms with Crippen molar-refractivity contribution in [3.63, 3.8) is 0 Å². The quantitative estimate of drug-likeness (QED) is 0.415. The summed E-state index contributed by atoms with van der Waals surface area (Å²) in [7, 11) is -4.49. The molecule has 0 radical (unpaired) electrons. The number of amides is 1. The monoisotopic (exact) mass is 655 g/mol. The molecule has 1 aliphatic heterocycles. The predicted octanol–water partition coefficient (Wildman–Crippen LogP) is 3.18. The van der Waals surface area contributed by atoms with Gasteiger partial charge in [0.2, 0.25) is 10.0 Å². The second kappa shape index (κ2) is 15.4. The van der Waals surface area contributed by atoms with E-state index < -0.39 is 38.1 Å². The third-order valence-electron chi connectivity index (χ3n) is 7.68. The van der Waals surface area contributed by atoms with Gasteiger partial charge >= 0.3 is 0 Å². The highest BCUT2D eigenvalue weighted by Gasteiger charge is 2.31. The van der Waals surface area contributed by atoms with E-state index in [0.29, 0.717) is 24.5 Å². The lowest BCUT2D eigenvalue weighted by Crippen LogP contribution is -2.47. The molecule has 0 bridgehead atoms. The standard InChI is InChI=1S/C30H45N3O9S2/c1-21-18-33(22(2)20-34)30(35)27-17-24(31-44(38,39)26-13-11-25(40-5)12-14-26)10-15-28(27)42-23(3)9-7-8-16-41-29(21)19-32(4)43(6,36)37/h10-15,17,21-23,29,31,34H,7-9,16,18-20H2,1-6H3/t21-,22+,23-,29+/m0/s1. The van der Waals surface area contributed by atoms with Gasteiger partial charge in [0.15, 0.2) is 0 Å². The minimum Gasteiger partial charge on any atom is -0.497 e. The average molecular weight is 656 g/mol. The summed E-state index contributed by atoms with van der Waals surface area (Å²) in [6.45, 7) is 5.78. The zero-order valence-corrected chi connectivity index (χ0v) is 27.9. The van der Waals surface area contributed by atoms with Crippen molar-refractivity contribution in [1.29, 1.82) is 0 Å². The van der Waals surface area contributed by atoms with Crippen molar-refractivity contribution < 1.29 is 40.9 Å². The SMILES string of the molecule is COc1ccc(S(=O)(=O)Nc2ccc3c(c2)C(=O)N([C@H](C)CO)C[C@H](C)[C@@H](CN(C)S(C)(=O)=O)OCCCC[C@H](C)O3)cc1. The van der Waals surface area contributed by atoms with E-state index in [1.165, 1.54) is 59.8 Å². The number of aliphatic hydroxyl groups is 1. The number of carbonyl (C=O) groups excluding carboxylic acids is 1. The first-order valence-corrected chi connectivity index (χ1v) is 17.9. The van der Waals surface area contributed by atoms with Gasteiger partial charge in [-0.2, -0.15) is 0 Å². The Bertz CT molecular complexity index is 1470. The Hall–Kier alpha value is -2.91. The summed E-state index contributed by atoms with van der Waals surface area (Å²) in [6, 6.07) is 9.84. The normalized spacial score (nSPS) is 21.6. The van der Waals surface area contributed by atoms with E-state index in [1.807, 2.05) is 13.8 Å². The fourth-order valence-electron chi connectivity index (χ4n) is 4.81. The highest BCUT2D eigenvalue weighted by Crippen LogP contribution is 2.30. The average Bonchev–Trinajstić information content (AvgIpc) is 2.97. The molecule has 2 aromatic carbocycles. The van der Waals surface area contributed by atoms with Crippen molar-refractivity contribution >= 4 is 31.6 Å². The molecular formula is C30H45N3O9S2. The van der Waals surface area contributed by atoms with Gasteiger partial charge in [0.05, 0.1) is 48.7 Å². The molecule has 1 heterocycles. The molecule has 0 saturated heterocycles. The number of nitrogens with one attached hydrogen (secondary N) is 1. The molecule has 0 aromatic heterocycles. The molecule has 0 spiro atoms. The lowest BCUT2D eigenvalue weighted by Gasteiger charge is -2.35. The predicted molar refractivity (Wildman–Crippen MR) is 168 cm³/mol. The molecule has 44 heavy (non-hydrogen) atoms. The number of anilines is 1. The van der Waals surface area contributed by atoms with Gasteiger partial charge in [0.25, 0.3) is 15.9 Å². The van der Waals surface area contributed by atoms with Gasteiger partial charge in [-0.15, -0.1) is 0 Å². The number of hydrogen-bond acceptors (Lipinski definition) is 9. The first-order chi connectivity index (χ1) is 20.7. The van der Waals surface area contributed by atoms with Gasteiger partial charge in [-0.25, -0.2) is 21.1 Å². The zero-order chi connectivity index (χ0) is 32.7. The molecule has 1 amide bonds. The number of likely N-dealkylation sites (N-methyl/N-ethyl adjacent to an activating group) is 1. The Labute approximate surface area is 261 Å². The van der Waals surface area contributed by atoms with E-state index in [2.05, 4.69) is 4.72 Å². The van der Waals surface area contributed by atoms with Gasteiger partial charge in [-0.3, -0.25) is 9.52 Å². The number of rotatable bonds is 9. The topological polar surface area (TPSA) is 152 Å². The van der Waals surface area contributed by atoms with Gasteiger partial charge in [-0.05, 0) is 75.6 Å².